The quantitative estimate of drug-likeness (QED) is 0.789. The molecule has 2 rings (SSSR count). The van der Waals surface area contributed by atoms with E-state index in [-0.39, 0.29) is 12.0 Å². The minimum absolute atomic E-state index is 0.206. The van der Waals surface area contributed by atoms with Gasteiger partial charge in [0.25, 0.3) is 0 Å². The lowest BCUT2D eigenvalue weighted by Gasteiger charge is -2.23. The van der Waals surface area contributed by atoms with Crippen molar-refractivity contribution in [2.45, 2.75) is 13.0 Å². The Bertz CT molecular complexity index is 578. The highest BCUT2D eigenvalue weighted by Gasteiger charge is 2.24. The number of esters is 1. The maximum absolute atomic E-state index is 12.1. The van der Waals surface area contributed by atoms with E-state index in [2.05, 4.69) is 18.2 Å². The normalized spacial score (nSPS) is 12.6. The molecular weight excluding hydrogens is 238 g/mol. The summed E-state index contributed by atoms with van der Waals surface area (Å²) in [7, 11) is 3.77. The third kappa shape index (κ3) is 2.93. The number of carbonyl (C=O) groups is 1. The van der Waals surface area contributed by atoms with Crippen LogP contribution in [0.15, 0.2) is 42.5 Å². The Morgan fingerprint density at radius 1 is 1.16 bits per heavy atom. The summed E-state index contributed by atoms with van der Waals surface area (Å²) < 4.78 is 5.15. The molecule has 3 heteroatoms. The molecule has 1 atom stereocenters. The minimum atomic E-state index is -0.357. The van der Waals surface area contributed by atoms with E-state index in [4.69, 9.17) is 4.74 Å². The number of carbonyl (C=O) groups excluding carboxylic acids is 1. The number of ether oxygens (including phenoxy) is 1. The van der Waals surface area contributed by atoms with E-state index in [1.807, 2.05) is 50.2 Å². The Labute approximate surface area is 113 Å². The van der Waals surface area contributed by atoms with E-state index >= 15 is 0 Å². The highest BCUT2D eigenvalue weighted by Crippen LogP contribution is 2.24. The van der Waals surface area contributed by atoms with Gasteiger partial charge in [-0.2, -0.15) is 0 Å². The van der Waals surface area contributed by atoms with Gasteiger partial charge in [-0.05, 0) is 43.4 Å². The second-order valence-electron chi connectivity index (χ2n) is 4.72. The molecule has 0 aromatic heterocycles. The van der Waals surface area contributed by atoms with Crippen LogP contribution in [0.1, 0.15) is 18.5 Å². The SMILES string of the molecule is CCOC(=O)C(c1ccc2ccccc2c1)N(C)C. The fraction of sp³-hybridized carbons (Fsp3) is 0.312. The molecule has 0 heterocycles. The summed E-state index contributed by atoms with van der Waals surface area (Å²) in [6.45, 7) is 2.22. The van der Waals surface area contributed by atoms with Crippen LogP contribution in [0.5, 0.6) is 0 Å². The Morgan fingerprint density at radius 3 is 2.47 bits per heavy atom. The lowest BCUT2D eigenvalue weighted by molar-refractivity contribution is -0.148. The third-order valence-corrected chi connectivity index (χ3v) is 3.12. The van der Waals surface area contributed by atoms with Gasteiger partial charge < -0.3 is 4.74 Å². The van der Waals surface area contributed by atoms with Gasteiger partial charge in [-0.3, -0.25) is 4.90 Å². The predicted molar refractivity (Wildman–Crippen MR) is 77.0 cm³/mol. The molecule has 0 saturated carbocycles. The van der Waals surface area contributed by atoms with Crippen LogP contribution in [0.4, 0.5) is 0 Å². The average molecular weight is 257 g/mol. The molecule has 0 aliphatic heterocycles. The molecule has 0 bridgehead atoms. The van der Waals surface area contributed by atoms with Crippen LogP contribution in [0.3, 0.4) is 0 Å². The van der Waals surface area contributed by atoms with Gasteiger partial charge in [0.05, 0.1) is 6.61 Å². The lowest BCUT2D eigenvalue weighted by Crippen LogP contribution is -2.29. The molecule has 19 heavy (non-hydrogen) atoms. The standard InChI is InChI=1S/C16H19NO2/c1-4-19-16(18)15(17(2)3)14-10-9-12-7-5-6-8-13(12)11-14/h5-11,15H,4H2,1-3H3. The molecule has 0 N–H and O–H groups in total. The van der Waals surface area contributed by atoms with Crippen molar-refractivity contribution in [2.75, 3.05) is 20.7 Å². The first-order valence-corrected chi connectivity index (χ1v) is 6.45. The van der Waals surface area contributed by atoms with Crippen LogP contribution >= 0.6 is 0 Å². The summed E-state index contributed by atoms with van der Waals surface area (Å²) in [5.74, 6) is -0.206. The monoisotopic (exact) mass is 257 g/mol. The second kappa shape index (κ2) is 5.85. The number of nitrogens with zero attached hydrogens (tertiary/aromatic N) is 1. The van der Waals surface area contributed by atoms with Gasteiger partial charge in [-0.15, -0.1) is 0 Å². The van der Waals surface area contributed by atoms with Crippen molar-refractivity contribution >= 4 is 16.7 Å². The summed E-state index contributed by atoms with van der Waals surface area (Å²) in [4.78, 5) is 13.9. The highest BCUT2D eigenvalue weighted by atomic mass is 16.5. The molecule has 2 aromatic rings. The molecule has 0 aliphatic carbocycles. The van der Waals surface area contributed by atoms with Crippen molar-refractivity contribution in [1.82, 2.24) is 4.90 Å². The Hall–Kier alpha value is -1.87. The zero-order valence-corrected chi connectivity index (χ0v) is 11.6. The number of fused-ring (bicyclic) bond motifs is 1. The molecule has 2 aromatic carbocycles. The Balaban J connectivity index is 2.41. The van der Waals surface area contributed by atoms with Crippen LogP contribution in [0, 0.1) is 0 Å². The van der Waals surface area contributed by atoms with Gasteiger partial charge >= 0.3 is 5.97 Å². The van der Waals surface area contributed by atoms with Gasteiger partial charge in [0.15, 0.2) is 0 Å². The highest BCUT2D eigenvalue weighted by molar-refractivity contribution is 5.85. The molecule has 0 amide bonds. The maximum Gasteiger partial charge on any atom is 0.327 e. The predicted octanol–water partition coefficient (Wildman–Crippen LogP) is 3.01. The lowest BCUT2D eigenvalue weighted by atomic mass is 10.0. The second-order valence-corrected chi connectivity index (χ2v) is 4.72. The van der Waals surface area contributed by atoms with Gasteiger partial charge in [-0.1, -0.05) is 36.4 Å². The topological polar surface area (TPSA) is 29.5 Å². The Morgan fingerprint density at radius 2 is 1.84 bits per heavy atom. The number of hydrogen-bond acceptors (Lipinski definition) is 3. The summed E-state index contributed by atoms with van der Waals surface area (Å²) in [5, 5.41) is 2.31. The van der Waals surface area contributed by atoms with Crippen LogP contribution in [-0.2, 0) is 9.53 Å². The average Bonchev–Trinajstić information content (AvgIpc) is 2.38. The molecule has 0 spiro atoms. The zero-order chi connectivity index (χ0) is 13.8. The van der Waals surface area contributed by atoms with Crippen LogP contribution < -0.4 is 0 Å². The van der Waals surface area contributed by atoms with Gasteiger partial charge in [0, 0.05) is 0 Å². The van der Waals surface area contributed by atoms with E-state index in [1.54, 1.807) is 0 Å². The van der Waals surface area contributed by atoms with Gasteiger partial charge in [-0.25, -0.2) is 4.79 Å². The van der Waals surface area contributed by atoms with E-state index in [0.29, 0.717) is 6.61 Å². The molecular formula is C16H19NO2. The molecule has 100 valence electrons. The van der Waals surface area contributed by atoms with Crippen LogP contribution in [0.25, 0.3) is 10.8 Å². The number of rotatable bonds is 4. The van der Waals surface area contributed by atoms with Crippen molar-refractivity contribution in [2.24, 2.45) is 0 Å². The van der Waals surface area contributed by atoms with Crippen molar-refractivity contribution in [3.05, 3.63) is 48.0 Å². The molecule has 0 fully saturated rings. The first kappa shape index (κ1) is 13.6. The van der Waals surface area contributed by atoms with Crippen molar-refractivity contribution in [3.63, 3.8) is 0 Å². The smallest absolute Gasteiger partial charge is 0.327 e. The zero-order valence-electron chi connectivity index (χ0n) is 11.6. The summed E-state index contributed by atoms with van der Waals surface area (Å²) in [5.41, 5.74) is 0.960. The van der Waals surface area contributed by atoms with E-state index in [1.165, 1.54) is 5.39 Å². The van der Waals surface area contributed by atoms with Crippen molar-refractivity contribution < 1.29 is 9.53 Å². The van der Waals surface area contributed by atoms with E-state index in [0.717, 1.165) is 10.9 Å². The molecule has 0 aliphatic rings. The molecule has 0 saturated heterocycles. The Kier molecular flexibility index (Phi) is 4.17. The molecule has 3 nitrogen and oxygen atoms in total. The van der Waals surface area contributed by atoms with Crippen molar-refractivity contribution in [1.29, 1.82) is 0 Å². The minimum Gasteiger partial charge on any atom is -0.465 e. The van der Waals surface area contributed by atoms with Crippen molar-refractivity contribution in [3.8, 4) is 0 Å². The molecule has 0 radical (unpaired) electrons. The largest absolute Gasteiger partial charge is 0.465 e. The fourth-order valence-electron chi connectivity index (χ4n) is 2.24. The van der Waals surface area contributed by atoms with E-state index < -0.39 is 0 Å². The third-order valence-electron chi connectivity index (χ3n) is 3.12. The van der Waals surface area contributed by atoms with Gasteiger partial charge in [0.1, 0.15) is 6.04 Å². The fourth-order valence-corrected chi connectivity index (χ4v) is 2.24. The first-order chi connectivity index (χ1) is 9.13. The first-order valence-electron chi connectivity index (χ1n) is 6.45. The number of likely N-dealkylation sites (N-methyl/N-ethyl adjacent to an activating group) is 1. The number of hydrogen-bond donors (Lipinski definition) is 0. The summed E-state index contributed by atoms with van der Waals surface area (Å²) in [6, 6.07) is 13.9. The van der Waals surface area contributed by atoms with Crippen LogP contribution in [-0.4, -0.2) is 31.6 Å². The summed E-state index contributed by atoms with van der Waals surface area (Å²) in [6.07, 6.45) is 0. The number of benzene rings is 2. The maximum atomic E-state index is 12.1. The van der Waals surface area contributed by atoms with Gasteiger partial charge in [0.2, 0.25) is 0 Å². The summed E-state index contributed by atoms with van der Waals surface area (Å²) >= 11 is 0. The van der Waals surface area contributed by atoms with E-state index in [9.17, 15) is 4.79 Å². The molecule has 1 unspecified atom stereocenters. The van der Waals surface area contributed by atoms with Crippen LogP contribution in [0.2, 0.25) is 0 Å².